The van der Waals surface area contributed by atoms with Gasteiger partial charge in [0.15, 0.2) is 23.5 Å². The van der Waals surface area contributed by atoms with Gasteiger partial charge < -0.3 is 20.7 Å². The third kappa shape index (κ3) is 2.65. The first-order chi connectivity index (χ1) is 12.1. The maximum atomic E-state index is 10.1. The maximum Gasteiger partial charge on any atom is 0.168 e. The molecular formula is C16H17N5O3S. The zero-order valence-corrected chi connectivity index (χ0v) is 14.0. The number of nitrogens with two attached hydrogens (primary N) is 1. The SMILES string of the molecule is Nc1nc(-c2ccccc2)nc2c1ncn2[C@@H]1O[C@H](CO)[C@@H](O)[C@H]1S. The van der Waals surface area contributed by atoms with Crippen LogP contribution in [0, 0.1) is 0 Å². The van der Waals surface area contributed by atoms with Crippen LogP contribution in [0.3, 0.4) is 0 Å². The van der Waals surface area contributed by atoms with Crippen molar-refractivity contribution in [1.29, 1.82) is 0 Å². The van der Waals surface area contributed by atoms with Crippen LogP contribution in [-0.2, 0) is 4.74 Å². The Hall–Kier alpha value is -2.20. The van der Waals surface area contributed by atoms with E-state index in [-0.39, 0.29) is 12.4 Å². The number of thiol groups is 1. The zero-order valence-electron chi connectivity index (χ0n) is 13.1. The van der Waals surface area contributed by atoms with Crippen molar-refractivity contribution in [2.24, 2.45) is 0 Å². The first kappa shape index (κ1) is 16.3. The molecule has 3 aromatic rings. The van der Waals surface area contributed by atoms with Crippen LogP contribution in [0.2, 0.25) is 0 Å². The van der Waals surface area contributed by atoms with Gasteiger partial charge >= 0.3 is 0 Å². The maximum absolute atomic E-state index is 10.1. The molecule has 3 heterocycles. The molecule has 1 aliphatic heterocycles. The molecule has 0 aliphatic carbocycles. The molecule has 2 aromatic heterocycles. The molecule has 4 rings (SSSR count). The summed E-state index contributed by atoms with van der Waals surface area (Å²) in [6.45, 7) is -0.298. The molecule has 0 amide bonds. The Balaban J connectivity index is 1.82. The van der Waals surface area contributed by atoms with Gasteiger partial charge in [-0.15, -0.1) is 0 Å². The number of aliphatic hydroxyl groups excluding tert-OH is 2. The predicted octanol–water partition coefficient (Wildman–Crippen LogP) is 0.624. The fourth-order valence-electron chi connectivity index (χ4n) is 2.95. The Morgan fingerprint density at radius 2 is 2.00 bits per heavy atom. The van der Waals surface area contributed by atoms with Crippen molar-refractivity contribution >= 4 is 29.6 Å². The number of nitrogens with zero attached hydrogens (tertiary/aromatic N) is 4. The number of imidazole rings is 1. The smallest absolute Gasteiger partial charge is 0.168 e. The molecule has 4 N–H and O–H groups in total. The van der Waals surface area contributed by atoms with E-state index >= 15 is 0 Å². The van der Waals surface area contributed by atoms with Crippen molar-refractivity contribution in [2.45, 2.75) is 23.7 Å². The summed E-state index contributed by atoms with van der Waals surface area (Å²) in [6, 6.07) is 9.47. The van der Waals surface area contributed by atoms with Gasteiger partial charge in [0.2, 0.25) is 0 Å². The molecule has 0 unspecified atom stereocenters. The monoisotopic (exact) mass is 359 g/mol. The fourth-order valence-corrected chi connectivity index (χ4v) is 3.36. The van der Waals surface area contributed by atoms with Crippen LogP contribution in [0.5, 0.6) is 0 Å². The predicted molar refractivity (Wildman–Crippen MR) is 94.9 cm³/mol. The van der Waals surface area contributed by atoms with Gasteiger partial charge in [0.1, 0.15) is 11.6 Å². The summed E-state index contributed by atoms with van der Waals surface area (Å²) in [6.07, 6.45) is -0.704. The number of benzene rings is 1. The summed E-state index contributed by atoms with van der Waals surface area (Å²) in [7, 11) is 0. The van der Waals surface area contributed by atoms with E-state index in [9.17, 15) is 10.2 Å². The topological polar surface area (TPSA) is 119 Å². The number of ether oxygens (including phenoxy) is 1. The van der Waals surface area contributed by atoms with E-state index in [0.717, 1.165) is 5.56 Å². The number of hydrogen-bond donors (Lipinski definition) is 4. The number of hydrogen-bond acceptors (Lipinski definition) is 8. The largest absolute Gasteiger partial charge is 0.394 e. The van der Waals surface area contributed by atoms with Gasteiger partial charge in [-0.2, -0.15) is 12.6 Å². The molecule has 130 valence electrons. The lowest BCUT2D eigenvalue weighted by Crippen LogP contribution is -2.30. The lowest BCUT2D eigenvalue weighted by Gasteiger charge is -2.17. The summed E-state index contributed by atoms with van der Waals surface area (Å²) in [5.74, 6) is 0.732. The normalized spacial score (nSPS) is 26.4. The van der Waals surface area contributed by atoms with Crippen molar-refractivity contribution in [2.75, 3.05) is 12.3 Å². The molecule has 1 fully saturated rings. The Morgan fingerprint density at radius 1 is 1.24 bits per heavy atom. The van der Waals surface area contributed by atoms with Crippen LogP contribution >= 0.6 is 12.6 Å². The summed E-state index contributed by atoms with van der Waals surface area (Å²) >= 11 is 4.42. The van der Waals surface area contributed by atoms with Crippen molar-refractivity contribution in [1.82, 2.24) is 19.5 Å². The number of fused-ring (bicyclic) bond motifs is 1. The molecule has 1 aliphatic rings. The molecule has 0 spiro atoms. The van der Waals surface area contributed by atoms with Crippen LogP contribution in [0.1, 0.15) is 6.23 Å². The van der Waals surface area contributed by atoms with Crippen LogP contribution in [0.4, 0.5) is 5.82 Å². The highest BCUT2D eigenvalue weighted by atomic mass is 32.1. The lowest BCUT2D eigenvalue weighted by atomic mass is 10.2. The van der Waals surface area contributed by atoms with Crippen LogP contribution in [0.25, 0.3) is 22.6 Å². The van der Waals surface area contributed by atoms with Gasteiger partial charge in [-0.05, 0) is 0 Å². The molecule has 0 radical (unpaired) electrons. The van der Waals surface area contributed by atoms with Crippen LogP contribution < -0.4 is 5.73 Å². The number of anilines is 1. The highest BCUT2D eigenvalue weighted by molar-refractivity contribution is 7.81. The van der Waals surface area contributed by atoms with E-state index in [1.54, 1.807) is 4.57 Å². The van der Waals surface area contributed by atoms with Crippen molar-refractivity contribution in [3.63, 3.8) is 0 Å². The summed E-state index contributed by atoms with van der Waals surface area (Å²) < 4.78 is 7.38. The van der Waals surface area contributed by atoms with E-state index < -0.39 is 23.7 Å². The van der Waals surface area contributed by atoms with E-state index in [4.69, 9.17) is 10.5 Å². The molecule has 25 heavy (non-hydrogen) atoms. The highest BCUT2D eigenvalue weighted by Crippen LogP contribution is 2.35. The Labute approximate surface area is 148 Å². The second kappa shape index (κ2) is 6.26. The van der Waals surface area contributed by atoms with E-state index in [1.165, 1.54) is 6.33 Å². The van der Waals surface area contributed by atoms with Crippen molar-refractivity contribution in [3.05, 3.63) is 36.7 Å². The Kier molecular flexibility index (Phi) is 4.08. The molecule has 0 saturated carbocycles. The molecule has 8 nitrogen and oxygen atoms in total. The quantitative estimate of drug-likeness (QED) is 0.506. The molecule has 0 bridgehead atoms. The van der Waals surface area contributed by atoms with Gasteiger partial charge in [0, 0.05) is 5.56 Å². The lowest BCUT2D eigenvalue weighted by molar-refractivity contribution is -0.0430. The molecular weight excluding hydrogens is 342 g/mol. The zero-order chi connectivity index (χ0) is 17.6. The average molecular weight is 359 g/mol. The van der Waals surface area contributed by atoms with E-state index in [1.807, 2.05) is 30.3 Å². The minimum absolute atomic E-state index is 0.260. The van der Waals surface area contributed by atoms with E-state index in [2.05, 4.69) is 27.6 Å². The summed E-state index contributed by atoms with van der Waals surface area (Å²) in [4.78, 5) is 13.2. The van der Waals surface area contributed by atoms with Crippen molar-refractivity contribution < 1.29 is 14.9 Å². The third-order valence-corrected chi connectivity index (χ3v) is 4.83. The fraction of sp³-hybridized carbons (Fsp3) is 0.312. The second-order valence-corrected chi connectivity index (χ2v) is 6.45. The molecule has 1 saturated heterocycles. The minimum Gasteiger partial charge on any atom is -0.394 e. The number of aliphatic hydroxyl groups is 2. The Bertz CT molecular complexity index is 903. The first-order valence-corrected chi connectivity index (χ1v) is 8.29. The van der Waals surface area contributed by atoms with Crippen LogP contribution in [-0.4, -0.2) is 53.8 Å². The summed E-state index contributed by atoms with van der Waals surface area (Å²) in [5, 5.41) is 18.9. The summed E-state index contributed by atoms with van der Waals surface area (Å²) in [5.41, 5.74) is 7.81. The van der Waals surface area contributed by atoms with Gasteiger partial charge in [-0.25, -0.2) is 15.0 Å². The molecule has 4 atom stereocenters. The number of rotatable bonds is 3. The Morgan fingerprint density at radius 3 is 2.68 bits per heavy atom. The van der Waals surface area contributed by atoms with Gasteiger partial charge in [-0.3, -0.25) is 4.57 Å². The van der Waals surface area contributed by atoms with Crippen LogP contribution in [0.15, 0.2) is 36.7 Å². The van der Waals surface area contributed by atoms with E-state index in [0.29, 0.717) is 17.0 Å². The third-order valence-electron chi connectivity index (χ3n) is 4.27. The minimum atomic E-state index is -0.899. The highest BCUT2D eigenvalue weighted by Gasteiger charge is 2.43. The van der Waals surface area contributed by atoms with Crippen molar-refractivity contribution in [3.8, 4) is 11.4 Å². The average Bonchev–Trinajstić information content (AvgIpc) is 3.18. The molecule has 1 aromatic carbocycles. The second-order valence-electron chi connectivity index (χ2n) is 5.85. The molecule has 9 heteroatoms. The standard InChI is InChI=1S/C16H17N5O3S/c17-13-10-15(20-14(19-13)8-4-2-1-3-5-8)21(7-18-10)16-12(25)11(23)9(6-22)24-16/h1-5,7,9,11-12,16,22-23,25H,6H2,(H2,17,19,20)/t9-,11-,12-,16-/m1/s1. The van der Waals surface area contributed by atoms with Gasteiger partial charge in [-0.1, -0.05) is 30.3 Å². The number of aromatic nitrogens is 4. The first-order valence-electron chi connectivity index (χ1n) is 7.78. The van der Waals surface area contributed by atoms with Gasteiger partial charge in [0.25, 0.3) is 0 Å². The number of nitrogen functional groups attached to an aromatic ring is 1. The van der Waals surface area contributed by atoms with Gasteiger partial charge in [0.05, 0.1) is 24.3 Å².